The average Bonchev–Trinajstić information content (AvgIpc) is 3.41. The Morgan fingerprint density at radius 1 is 0.759 bits per heavy atom. The summed E-state index contributed by atoms with van der Waals surface area (Å²) in [6.45, 7) is -0.122. The topological polar surface area (TPSA) is 284 Å². The number of aliphatic hydroxyl groups is 2. The van der Waals surface area contributed by atoms with Crippen molar-refractivity contribution in [3.63, 3.8) is 0 Å². The molecule has 16 heteroatoms. The van der Waals surface area contributed by atoms with Crippen molar-refractivity contribution in [3.8, 4) is 57.5 Å². The molecule has 0 spiro atoms. The minimum atomic E-state index is -1.33. The van der Waals surface area contributed by atoms with Crippen LogP contribution in [0.25, 0.3) is 5.57 Å². The van der Waals surface area contributed by atoms with Gasteiger partial charge in [-0.1, -0.05) is 6.07 Å². The number of benzene rings is 4. The third-order valence-electron chi connectivity index (χ3n) is 9.30. The molecule has 0 radical (unpaired) electrons. The van der Waals surface area contributed by atoms with Crippen LogP contribution in [0, 0.1) is 0 Å². The Labute approximate surface area is 303 Å². The standard InChI is InChI=1S/C22H18O10.C16H12O6/c23-11-6-14(25)12-8-19(32-22(30)10-4-16(27)20(29)17(28)5-10)21(31-18(12)7-11)9-1-2-13(24)15(26)3-9;17-10-2-1-8-13-9-4-12(19)11(18)3-7(9)5-16(13,21)6-22-15(8)14(10)20/h1-7,19,21,23-29H,8H2;1-4,18-21H,5-6H2. The number of ether oxygens (including phenoxy) is 3. The zero-order valence-electron chi connectivity index (χ0n) is 27.6. The molecule has 3 atom stereocenters. The van der Waals surface area contributed by atoms with E-state index in [9.17, 15) is 65.8 Å². The molecule has 4 aromatic rings. The Kier molecular flexibility index (Phi) is 8.34. The summed E-state index contributed by atoms with van der Waals surface area (Å²) in [5.74, 6) is -6.01. The Bertz CT molecular complexity index is 2350. The van der Waals surface area contributed by atoms with Gasteiger partial charge in [0, 0.05) is 47.2 Å². The highest BCUT2D eigenvalue weighted by Gasteiger charge is 2.48. The zero-order chi connectivity index (χ0) is 38.8. The van der Waals surface area contributed by atoms with Crippen LogP contribution < -0.4 is 4.74 Å². The molecule has 2 heterocycles. The molecule has 278 valence electrons. The maximum Gasteiger partial charge on any atom is 0.338 e. The maximum atomic E-state index is 12.7. The highest BCUT2D eigenvalue weighted by atomic mass is 16.6. The number of aliphatic hydroxyl groups excluding tert-OH is 1. The van der Waals surface area contributed by atoms with Crippen LogP contribution in [0.1, 0.15) is 38.7 Å². The second kappa shape index (κ2) is 12.8. The molecule has 3 unspecified atom stereocenters. The molecule has 0 aromatic heterocycles. The third-order valence-corrected chi connectivity index (χ3v) is 9.30. The highest BCUT2D eigenvalue weighted by molar-refractivity contribution is 6.06. The molecule has 4 aliphatic rings. The van der Waals surface area contributed by atoms with Gasteiger partial charge in [0.2, 0.25) is 11.5 Å². The molecule has 54 heavy (non-hydrogen) atoms. The van der Waals surface area contributed by atoms with Crippen molar-refractivity contribution in [2.75, 3.05) is 6.61 Å². The van der Waals surface area contributed by atoms with Crippen molar-refractivity contribution < 1.29 is 80.0 Å². The van der Waals surface area contributed by atoms with Gasteiger partial charge in [0.1, 0.15) is 35.6 Å². The largest absolute Gasteiger partial charge is 0.508 e. The quantitative estimate of drug-likeness (QED) is 0.106. The molecule has 2 aliphatic carbocycles. The first kappa shape index (κ1) is 35.2. The minimum absolute atomic E-state index is 0.0348. The molecule has 0 fully saturated rings. The number of esters is 1. The van der Waals surface area contributed by atoms with Crippen LogP contribution in [0.2, 0.25) is 0 Å². The molecule has 2 aliphatic heterocycles. The predicted octanol–water partition coefficient (Wildman–Crippen LogP) is 3.60. The fourth-order valence-corrected chi connectivity index (χ4v) is 6.74. The molecule has 16 nitrogen and oxygen atoms in total. The lowest BCUT2D eigenvalue weighted by Gasteiger charge is -2.34. The lowest BCUT2D eigenvalue weighted by Crippen LogP contribution is -2.39. The summed E-state index contributed by atoms with van der Waals surface area (Å²) in [5, 5.41) is 108. The van der Waals surface area contributed by atoms with E-state index in [2.05, 4.69) is 0 Å². The summed E-state index contributed by atoms with van der Waals surface area (Å²) in [5.41, 5.74) is 1.12. The van der Waals surface area contributed by atoms with E-state index in [1.165, 1.54) is 48.6 Å². The fraction of sp³-hybridized carbons (Fsp3) is 0.158. The van der Waals surface area contributed by atoms with Crippen molar-refractivity contribution in [2.45, 2.75) is 30.7 Å². The van der Waals surface area contributed by atoms with Gasteiger partial charge in [-0.15, -0.1) is 0 Å². The van der Waals surface area contributed by atoms with Crippen molar-refractivity contribution in [1.29, 1.82) is 0 Å². The van der Waals surface area contributed by atoms with Gasteiger partial charge in [-0.25, -0.2) is 4.79 Å². The smallest absolute Gasteiger partial charge is 0.338 e. The van der Waals surface area contributed by atoms with Crippen LogP contribution in [-0.2, 0) is 27.1 Å². The number of aromatic hydroxyl groups is 9. The molecule has 11 N–H and O–H groups in total. The molecular weight excluding hydrogens is 712 g/mol. The number of phenols is 9. The van der Waals surface area contributed by atoms with Crippen molar-refractivity contribution in [1.82, 2.24) is 0 Å². The van der Waals surface area contributed by atoms with E-state index in [1.807, 2.05) is 0 Å². The van der Waals surface area contributed by atoms with Gasteiger partial charge >= 0.3 is 5.97 Å². The summed E-state index contributed by atoms with van der Waals surface area (Å²) in [7, 11) is 0. The Balaban J connectivity index is 0.000000178. The van der Waals surface area contributed by atoms with E-state index in [4.69, 9.17) is 14.2 Å². The van der Waals surface area contributed by atoms with Crippen LogP contribution in [0.4, 0.5) is 0 Å². The zero-order valence-corrected chi connectivity index (χ0v) is 27.6. The molecule has 0 saturated heterocycles. The van der Waals surface area contributed by atoms with Crippen LogP contribution in [-0.4, -0.2) is 86.2 Å². The van der Waals surface area contributed by atoms with E-state index < -0.39 is 58.3 Å². The van der Waals surface area contributed by atoms with Crippen molar-refractivity contribution in [2.24, 2.45) is 0 Å². The minimum Gasteiger partial charge on any atom is -0.508 e. The van der Waals surface area contributed by atoms with Crippen molar-refractivity contribution in [3.05, 3.63) is 112 Å². The van der Waals surface area contributed by atoms with E-state index in [-0.39, 0.29) is 70.8 Å². The van der Waals surface area contributed by atoms with Crippen LogP contribution >= 0.6 is 0 Å². The summed E-state index contributed by atoms with van der Waals surface area (Å²) in [4.78, 5) is 24.2. The first-order chi connectivity index (χ1) is 25.5. The predicted molar refractivity (Wildman–Crippen MR) is 182 cm³/mol. The van der Waals surface area contributed by atoms with Crippen LogP contribution in [0.3, 0.4) is 0 Å². The number of phenolic OH excluding ortho intramolecular Hbond substituents is 9. The molecule has 0 saturated carbocycles. The SMILES string of the molecule is O=C(OC1Cc2c(O)cc(O)cc2OC1c1ccc(O)c(O)c1)c1cc(O)c(O)c(O)c1.O=C1C=CC2=C3c4cc(O)c(O)cc4CC3(O)COC2=C1O. The van der Waals surface area contributed by atoms with Gasteiger partial charge in [0.15, 0.2) is 52.1 Å². The highest BCUT2D eigenvalue weighted by Crippen LogP contribution is 2.51. The van der Waals surface area contributed by atoms with E-state index >= 15 is 0 Å². The van der Waals surface area contributed by atoms with Gasteiger partial charge < -0.3 is 70.4 Å². The second-order valence-corrected chi connectivity index (χ2v) is 12.9. The monoisotopic (exact) mass is 742 g/mol. The average molecular weight is 743 g/mol. The van der Waals surface area contributed by atoms with E-state index in [1.54, 1.807) is 0 Å². The number of hydrogen-bond acceptors (Lipinski definition) is 16. The van der Waals surface area contributed by atoms with Crippen LogP contribution in [0.15, 0.2) is 83.8 Å². The van der Waals surface area contributed by atoms with E-state index in [0.717, 1.165) is 18.2 Å². The number of hydrogen-bond donors (Lipinski definition) is 11. The number of ketones is 1. The van der Waals surface area contributed by atoms with Gasteiger partial charge in [-0.05, 0) is 59.7 Å². The molecule has 8 rings (SSSR count). The molecule has 4 aromatic carbocycles. The van der Waals surface area contributed by atoms with Gasteiger partial charge in [-0.2, -0.15) is 0 Å². The van der Waals surface area contributed by atoms with Gasteiger partial charge in [-0.3, -0.25) is 4.79 Å². The van der Waals surface area contributed by atoms with Crippen LogP contribution in [0.5, 0.6) is 57.5 Å². The summed E-state index contributed by atoms with van der Waals surface area (Å²) < 4.78 is 16.8. The summed E-state index contributed by atoms with van der Waals surface area (Å²) in [6.07, 6.45) is 0.774. The summed E-state index contributed by atoms with van der Waals surface area (Å²) >= 11 is 0. The second-order valence-electron chi connectivity index (χ2n) is 12.9. The lowest BCUT2D eigenvalue weighted by atomic mass is 9.85. The number of rotatable bonds is 3. The molecule has 0 bridgehead atoms. The first-order valence-electron chi connectivity index (χ1n) is 16.0. The number of carbonyl (C=O) groups is 2. The Morgan fingerprint density at radius 2 is 1.44 bits per heavy atom. The number of allylic oxidation sites excluding steroid dienone is 2. The maximum absolute atomic E-state index is 12.7. The Hall–Kier alpha value is -7.20. The van der Waals surface area contributed by atoms with Gasteiger partial charge in [0.05, 0.1) is 5.56 Å². The van der Waals surface area contributed by atoms with Crippen molar-refractivity contribution >= 4 is 17.3 Å². The van der Waals surface area contributed by atoms with E-state index in [0.29, 0.717) is 27.8 Å². The number of carbonyl (C=O) groups excluding carboxylic acids is 2. The Morgan fingerprint density at radius 3 is 2.15 bits per heavy atom. The molecule has 0 amide bonds. The normalized spacial score (nSPS) is 20.7. The number of fused-ring (bicyclic) bond motifs is 5. The lowest BCUT2D eigenvalue weighted by molar-refractivity contribution is -0.114. The summed E-state index contributed by atoms with van der Waals surface area (Å²) in [6, 6.07) is 10.8. The van der Waals surface area contributed by atoms with Gasteiger partial charge in [0.25, 0.3) is 0 Å². The third kappa shape index (κ3) is 5.99. The molecular formula is C38H30O16. The first-order valence-corrected chi connectivity index (χ1v) is 16.0. The fourth-order valence-electron chi connectivity index (χ4n) is 6.74.